The minimum absolute atomic E-state index is 0.0969. The van der Waals surface area contributed by atoms with Crippen LogP contribution in [0.25, 0.3) is 28.3 Å². The van der Waals surface area contributed by atoms with Crippen molar-refractivity contribution in [3.63, 3.8) is 0 Å². The molecule has 0 aromatic heterocycles. The van der Waals surface area contributed by atoms with Gasteiger partial charge in [-0.15, -0.1) is 0 Å². The molecule has 228 valence electrons. The molecule has 2 unspecified atom stereocenters. The van der Waals surface area contributed by atoms with E-state index in [1.54, 1.807) is 0 Å². The summed E-state index contributed by atoms with van der Waals surface area (Å²) in [5.74, 6) is 1.75. The molecule has 4 aromatic carbocycles. The number of rotatable bonds is 8. The van der Waals surface area contributed by atoms with Gasteiger partial charge in [-0.25, -0.2) is 0 Å². The zero-order valence-electron chi connectivity index (χ0n) is 27.6. The summed E-state index contributed by atoms with van der Waals surface area (Å²) in [5.41, 5.74) is 13.9. The fraction of sp³-hybridized carbons (Fsp3) is 0.350. The normalized spacial score (nSPS) is 16.9. The molecule has 44 heavy (non-hydrogen) atoms. The quantitative estimate of drug-likeness (QED) is 0.140. The Kier molecular flexibility index (Phi) is 9.15. The van der Waals surface area contributed by atoms with Crippen molar-refractivity contribution < 1.29 is 17.9 Å². The topological polar surface area (TPSA) is 0 Å². The molecule has 2 aliphatic rings. The molecular formula is C40H46Cl2SiZr. The van der Waals surface area contributed by atoms with E-state index in [0.29, 0.717) is 23.7 Å². The minimum atomic E-state index is -4.06. The Bertz CT molecular complexity index is 1740. The Morgan fingerprint density at radius 3 is 2.05 bits per heavy atom. The second-order valence-electron chi connectivity index (χ2n) is 14.1. The molecule has 0 fully saturated rings. The first kappa shape index (κ1) is 32.2. The molecule has 4 heteroatoms. The molecule has 6 rings (SSSR count). The van der Waals surface area contributed by atoms with E-state index >= 15 is 0 Å². The van der Waals surface area contributed by atoms with Crippen LogP contribution in [0.15, 0.2) is 78.4 Å². The Balaban J connectivity index is 1.59. The molecule has 1 heterocycles. The van der Waals surface area contributed by atoms with Crippen LogP contribution >= 0.6 is 17.0 Å². The summed E-state index contributed by atoms with van der Waals surface area (Å²) in [7, 11) is 15.4. The van der Waals surface area contributed by atoms with Crippen molar-refractivity contribution >= 4 is 46.3 Å². The van der Waals surface area contributed by atoms with Crippen molar-refractivity contribution in [1.82, 2.24) is 0 Å². The van der Waals surface area contributed by atoms with Gasteiger partial charge in [-0.05, 0) is 0 Å². The summed E-state index contributed by atoms with van der Waals surface area (Å²) >= 11 is -4.06. The predicted octanol–water partition coefficient (Wildman–Crippen LogP) is 10.1. The van der Waals surface area contributed by atoms with Crippen molar-refractivity contribution in [1.29, 1.82) is 0 Å². The van der Waals surface area contributed by atoms with Gasteiger partial charge in [0.25, 0.3) is 0 Å². The van der Waals surface area contributed by atoms with E-state index in [9.17, 15) is 0 Å². The van der Waals surface area contributed by atoms with Crippen molar-refractivity contribution in [3.8, 4) is 22.3 Å². The average molecular weight is 717 g/mol. The summed E-state index contributed by atoms with van der Waals surface area (Å²) < 4.78 is 1.41. The number of hydrogen-bond acceptors (Lipinski definition) is 0. The fourth-order valence-corrected chi connectivity index (χ4v) is 24.4. The third-order valence-corrected chi connectivity index (χ3v) is 24.5. The molecule has 0 saturated heterocycles. The molecule has 0 saturated carbocycles. The van der Waals surface area contributed by atoms with Gasteiger partial charge in [-0.2, -0.15) is 0 Å². The van der Waals surface area contributed by atoms with Gasteiger partial charge in [0.05, 0.1) is 0 Å². The molecule has 2 atom stereocenters. The molecule has 1 aliphatic carbocycles. The van der Waals surface area contributed by atoms with Crippen molar-refractivity contribution in [2.45, 2.75) is 83.2 Å². The maximum absolute atomic E-state index is 8.01. The van der Waals surface area contributed by atoms with Crippen LogP contribution in [0, 0.1) is 5.92 Å². The molecule has 0 spiro atoms. The van der Waals surface area contributed by atoms with E-state index in [1.165, 1.54) is 69.3 Å². The first-order valence-corrected chi connectivity index (χ1v) is 26.9. The zero-order chi connectivity index (χ0) is 31.5. The SMILES string of the molecule is CCC(C)C1=Cc2c(ccc(C(C)C)c2-c2cc(C(C)C)cc(C(C)C)c2)[CH]1[Zr]([Cl])([Cl])[c]1cccc2c1[SiH2]c1ccccc1-2. The summed E-state index contributed by atoms with van der Waals surface area (Å²) in [6, 6.07) is 27.8. The second kappa shape index (κ2) is 12.5. The van der Waals surface area contributed by atoms with E-state index < -0.39 is 27.4 Å². The van der Waals surface area contributed by atoms with E-state index in [4.69, 9.17) is 17.0 Å². The van der Waals surface area contributed by atoms with Crippen LogP contribution in [0.2, 0.25) is 0 Å². The monoisotopic (exact) mass is 714 g/mol. The van der Waals surface area contributed by atoms with E-state index in [2.05, 4.69) is 134 Å². The second-order valence-corrected chi connectivity index (χ2v) is 29.9. The molecule has 0 amide bonds. The van der Waals surface area contributed by atoms with Crippen molar-refractivity contribution in [2.75, 3.05) is 0 Å². The standard InChI is InChI=1S/C28H37.C12H9Si.2ClH.Zr/c1-9-20(8)24-12-21-10-11-26(19(6)7)28(27(21)16-24)25-14-22(17(2)3)13-23(15-25)18(4)5;1-3-7-11-9(5-1)10-6-2-4-8-12(10)13-11;;;/h10-20H,9H2,1-8H3;1-7H,13H2;2*1H;/q;;;;+2/p-2. The predicted molar refractivity (Wildman–Crippen MR) is 195 cm³/mol. The van der Waals surface area contributed by atoms with Gasteiger partial charge in [-0.3, -0.25) is 0 Å². The Morgan fingerprint density at radius 1 is 0.750 bits per heavy atom. The Morgan fingerprint density at radius 2 is 1.41 bits per heavy atom. The van der Waals surface area contributed by atoms with Crippen LogP contribution in [0.3, 0.4) is 0 Å². The molecule has 4 aromatic rings. The van der Waals surface area contributed by atoms with Crippen molar-refractivity contribution in [2.24, 2.45) is 5.92 Å². The van der Waals surface area contributed by atoms with E-state index in [1.807, 2.05) is 0 Å². The van der Waals surface area contributed by atoms with Gasteiger partial charge in [0, 0.05) is 0 Å². The van der Waals surface area contributed by atoms with Crippen LogP contribution in [-0.4, -0.2) is 9.52 Å². The third-order valence-electron chi connectivity index (χ3n) is 10.2. The summed E-state index contributed by atoms with van der Waals surface area (Å²) in [6.07, 6.45) is 3.60. The summed E-state index contributed by atoms with van der Waals surface area (Å²) in [4.78, 5) is 0. The Hall–Kier alpha value is -1.70. The van der Waals surface area contributed by atoms with Crippen LogP contribution < -0.4 is 13.6 Å². The maximum atomic E-state index is 8.01. The Labute approximate surface area is 279 Å². The van der Waals surface area contributed by atoms with Crippen LogP contribution in [0.1, 0.15) is 111 Å². The van der Waals surface area contributed by atoms with Gasteiger partial charge >= 0.3 is 282 Å². The van der Waals surface area contributed by atoms with E-state index in [-0.39, 0.29) is 3.63 Å². The average Bonchev–Trinajstić information content (AvgIpc) is 3.59. The summed E-state index contributed by atoms with van der Waals surface area (Å²) in [5, 5.41) is 3.02. The fourth-order valence-electron chi connectivity index (χ4n) is 7.47. The van der Waals surface area contributed by atoms with Gasteiger partial charge in [0.1, 0.15) is 0 Å². The summed E-state index contributed by atoms with van der Waals surface area (Å²) in [6.45, 7) is 18.6. The van der Waals surface area contributed by atoms with Gasteiger partial charge < -0.3 is 0 Å². The molecule has 1 aliphatic heterocycles. The van der Waals surface area contributed by atoms with Crippen LogP contribution in [-0.2, 0) is 17.9 Å². The van der Waals surface area contributed by atoms with Crippen molar-refractivity contribution in [3.05, 3.63) is 106 Å². The molecule has 0 radical (unpaired) electrons. The molecular weight excluding hydrogens is 671 g/mol. The number of allylic oxidation sites excluding steroid dienone is 1. The number of benzene rings is 4. The zero-order valence-corrected chi connectivity index (χ0v) is 32.9. The van der Waals surface area contributed by atoms with Gasteiger partial charge in [0.2, 0.25) is 0 Å². The number of fused-ring (bicyclic) bond motifs is 4. The third kappa shape index (κ3) is 5.51. The molecule has 0 nitrogen and oxygen atoms in total. The number of hydrogen-bond donors (Lipinski definition) is 0. The first-order chi connectivity index (χ1) is 20.9. The molecule has 0 bridgehead atoms. The van der Waals surface area contributed by atoms with E-state index in [0.717, 1.165) is 6.42 Å². The molecule has 0 N–H and O–H groups in total. The van der Waals surface area contributed by atoms with Crippen LogP contribution in [0.4, 0.5) is 0 Å². The van der Waals surface area contributed by atoms with Gasteiger partial charge in [0.15, 0.2) is 0 Å². The van der Waals surface area contributed by atoms with Gasteiger partial charge in [-0.1, -0.05) is 0 Å². The number of halogens is 2. The van der Waals surface area contributed by atoms with Crippen LogP contribution in [0.5, 0.6) is 0 Å². The first-order valence-electron chi connectivity index (χ1n) is 16.6.